The third-order valence-electron chi connectivity index (χ3n) is 3.20. The van der Waals surface area contributed by atoms with Crippen molar-refractivity contribution in [1.29, 1.82) is 0 Å². The predicted octanol–water partition coefficient (Wildman–Crippen LogP) is 3.14. The maximum atomic E-state index is 13.4. The molecular weight excluding hydrogens is 291 g/mol. The van der Waals surface area contributed by atoms with Gasteiger partial charge in [-0.15, -0.1) is 0 Å². The van der Waals surface area contributed by atoms with Gasteiger partial charge in [0.1, 0.15) is 11.9 Å². The van der Waals surface area contributed by atoms with Crippen LogP contribution >= 0.6 is 11.6 Å². The summed E-state index contributed by atoms with van der Waals surface area (Å²) in [5.41, 5.74) is 7.37. The molecule has 0 saturated heterocycles. The molecule has 3 nitrogen and oxygen atoms in total. The van der Waals surface area contributed by atoms with Crippen molar-refractivity contribution in [2.24, 2.45) is 5.73 Å². The van der Waals surface area contributed by atoms with E-state index in [9.17, 15) is 9.18 Å². The van der Waals surface area contributed by atoms with Gasteiger partial charge in [0, 0.05) is 13.6 Å². The summed E-state index contributed by atoms with van der Waals surface area (Å²) < 4.78 is 13.4. The first-order valence-corrected chi connectivity index (χ1v) is 6.86. The van der Waals surface area contributed by atoms with Crippen molar-refractivity contribution in [2.45, 2.75) is 12.6 Å². The summed E-state index contributed by atoms with van der Waals surface area (Å²) in [6.07, 6.45) is 0. The molecule has 1 atom stereocenters. The third-order valence-corrected chi connectivity index (χ3v) is 3.51. The van der Waals surface area contributed by atoms with Gasteiger partial charge >= 0.3 is 0 Å². The smallest absolute Gasteiger partial charge is 0.244 e. The van der Waals surface area contributed by atoms with Crippen LogP contribution in [0.3, 0.4) is 0 Å². The van der Waals surface area contributed by atoms with Gasteiger partial charge in [-0.25, -0.2) is 4.39 Å². The van der Waals surface area contributed by atoms with E-state index in [1.807, 2.05) is 18.2 Å². The average molecular weight is 307 g/mol. The molecule has 5 heteroatoms. The molecule has 0 saturated carbocycles. The maximum absolute atomic E-state index is 13.4. The molecule has 0 unspecified atom stereocenters. The summed E-state index contributed by atoms with van der Waals surface area (Å²) >= 11 is 5.63. The number of rotatable bonds is 4. The summed E-state index contributed by atoms with van der Waals surface area (Å²) in [6, 6.07) is 12.9. The molecule has 0 aromatic heterocycles. The third kappa shape index (κ3) is 3.80. The molecule has 0 radical (unpaired) electrons. The van der Waals surface area contributed by atoms with Crippen LogP contribution in [0.25, 0.3) is 0 Å². The number of carbonyl (C=O) groups excluding carboxylic acids is 1. The van der Waals surface area contributed by atoms with Crippen molar-refractivity contribution in [3.8, 4) is 0 Å². The van der Waals surface area contributed by atoms with Crippen molar-refractivity contribution in [3.63, 3.8) is 0 Å². The van der Waals surface area contributed by atoms with Crippen LogP contribution in [0.5, 0.6) is 0 Å². The molecule has 0 spiro atoms. The summed E-state index contributed by atoms with van der Waals surface area (Å²) in [6.45, 7) is 0.271. The fraction of sp³-hybridized carbons (Fsp3) is 0.188. The Kier molecular flexibility index (Phi) is 4.94. The van der Waals surface area contributed by atoms with Crippen molar-refractivity contribution < 1.29 is 9.18 Å². The summed E-state index contributed by atoms with van der Waals surface area (Å²) in [5.74, 6) is -0.723. The molecule has 2 aromatic rings. The standard InChI is InChI=1S/C16H16ClFN2O/c1-20(10-11-7-8-13(17)14(18)9-11)16(21)15(19)12-5-3-2-4-6-12/h2-9,15H,10,19H2,1H3/t15-/m0/s1. The first-order chi connectivity index (χ1) is 9.99. The van der Waals surface area contributed by atoms with Crippen LogP contribution in [0.15, 0.2) is 48.5 Å². The Morgan fingerprint density at radius 3 is 2.57 bits per heavy atom. The molecule has 0 bridgehead atoms. The quantitative estimate of drug-likeness (QED) is 0.943. The molecule has 2 aromatic carbocycles. The highest BCUT2D eigenvalue weighted by Crippen LogP contribution is 2.18. The molecule has 2 rings (SSSR count). The van der Waals surface area contributed by atoms with Crippen LogP contribution in [-0.2, 0) is 11.3 Å². The maximum Gasteiger partial charge on any atom is 0.244 e. The largest absolute Gasteiger partial charge is 0.340 e. The lowest BCUT2D eigenvalue weighted by Crippen LogP contribution is -2.35. The minimum Gasteiger partial charge on any atom is -0.340 e. The van der Waals surface area contributed by atoms with E-state index >= 15 is 0 Å². The van der Waals surface area contributed by atoms with Gasteiger partial charge in [-0.3, -0.25) is 4.79 Å². The SMILES string of the molecule is CN(Cc1ccc(Cl)c(F)c1)C(=O)[C@@H](N)c1ccccc1. The zero-order chi connectivity index (χ0) is 15.4. The lowest BCUT2D eigenvalue weighted by molar-refractivity contribution is -0.131. The molecule has 21 heavy (non-hydrogen) atoms. The van der Waals surface area contributed by atoms with Gasteiger partial charge in [0.05, 0.1) is 5.02 Å². The first kappa shape index (κ1) is 15.5. The van der Waals surface area contributed by atoms with Crippen LogP contribution < -0.4 is 5.73 Å². The Morgan fingerprint density at radius 2 is 1.95 bits per heavy atom. The number of benzene rings is 2. The number of hydrogen-bond acceptors (Lipinski definition) is 2. The number of halogens is 2. The van der Waals surface area contributed by atoms with E-state index in [1.165, 1.54) is 17.0 Å². The topological polar surface area (TPSA) is 46.3 Å². The van der Waals surface area contributed by atoms with Crippen LogP contribution in [0, 0.1) is 5.82 Å². The van der Waals surface area contributed by atoms with Crippen LogP contribution in [0.1, 0.15) is 17.2 Å². The lowest BCUT2D eigenvalue weighted by atomic mass is 10.1. The monoisotopic (exact) mass is 306 g/mol. The minimum atomic E-state index is -0.728. The predicted molar refractivity (Wildman–Crippen MR) is 81.3 cm³/mol. The Morgan fingerprint density at radius 1 is 1.29 bits per heavy atom. The Balaban J connectivity index is 2.07. The Hall–Kier alpha value is -1.91. The van der Waals surface area contributed by atoms with Gasteiger partial charge in [0.15, 0.2) is 0 Å². The molecule has 0 fully saturated rings. The number of likely N-dealkylation sites (N-methyl/N-ethyl adjacent to an activating group) is 1. The van der Waals surface area contributed by atoms with E-state index in [0.717, 1.165) is 5.56 Å². The zero-order valence-electron chi connectivity index (χ0n) is 11.6. The van der Waals surface area contributed by atoms with Crippen LogP contribution in [0.4, 0.5) is 4.39 Å². The van der Waals surface area contributed by atoms with E-state index in [2.05, 4.69) is 0 Å². The fourth-order valence-corrected chi connectivity index (χ4v) is 2.15. The zero-order valence-corrected chi connectivity index (χ0v) is 12.3. The normalized spacial score (nSPS) is 12.0. The van der Waals surface area contributed by atoms with E-state index in [-0.39, 0.29) is 17.5 Å². The highest BCUT2D eigenvalue weighted by atomic mass is 35.5. The van der Waals surface area contributed by atoms with Gasteiger partial charge in [0.25, 0.3) is 0 Å². The number of amides is 1. The second-order valence-electron chi connectivity index (χ2n) is 4.83. The number of nitrogens with zero attached hydrogens (tertiary/aromatic N) is 1. The average Bonchev–Trinajstić information content (AvgIpc) is 2.50. The highest BCUT2D eigenvalue weighted by Gasteiger charge is 2.19. The molecular formula is C16H16ClFN2O. The van der Waals surface area contributed by atoms with Crippen LogP contribution in [0.2, 0.25) is 5.02 Å². The van der Waals surface area contributed by atoms with E-state index in [0.29, 0.717) is 5.56 Å². The second-order valence-corrected chi connectivity index (χ2v) is 5.24. The molecule has 0 aliphatic carbocycles. The Labute approximate surface area is 128 Å². The number of carbonyl (C=O) groups is 1. The molecule has 0 aliphatic heterocycles. The highest BCUT2D eigenvalue weighted by molar-refractivity contribution is 6.30. The van der Waals surface area contributed by atoms with E-state index in [1.54, 1.807) is 25.2 Å². The molecule has 1 amide bonds. The van der Waals surface area contributed by atoms with Crippen LogP contribution in [-0.4, -0.2) is 17.9 Å². The van der Waals surface area contributed by atoms with Gasteiger partial charge < -0.3 is 10.6 Å². The second kappa shape index (κ2) is 6.70. The fourth-order valence-electron chi connectivity index (χ4n) is 2.03. The van der Waals surface area contributed by atoms with E-state index in [4.69, 9.17) is 17.3 Å². The molecule has 0 heterocycles. The van der Waals surface area contributed by atoms with Crippen molar-refractivity contribution in [3.05, 3.63) is 70.5 Å². The number of hydrogen-bond donors (Lipinski definition) is 1. The lowest BCUT2D eigenvalue weighted by Gasteiger charge is -2.21. The van der Waals surface area contributed by atoms with Crippen molar-refractivity contribution in [1.82, 2.24) is 4.90 Å². The summed E-state index contributed by atoms with van der Waals surface area (Å²) in [7, 11) is 1.64. The Bertz CT molecular complexity index is 633. The summed E-state index contributed by atoms with van der Waals surface area (Å²) in [4.78, 5) is 13.8. The molecule has 110 valence electrons. The van der Waals surface area contributed by atoms with Gasteiger partial charge in [-0.1, -0.05) is 48.0 Å². The van der Waals surface area contributed by atoms with Gasteiger partial charge in [-0.2, -0.15) is 0 Å². The minimum absolute atomic E-state index is 0.0636. The number of nitrogens with two attached hydrogens (primary N) is 1. The first-order valence-electron chi connectivity index (χ1n) is 6.48. The van der Waals surface area contributed by atoms with Crippen molar-refractivity contribution >= 4 is 17.5 Å². The van der Waals surface area contributed by atoms with Gasteiger partial charge in [0.2, 0.25) is 5.91 Å². The van der Waals surface area contributed by atoms with E-state index < -0.39 is 11.9 Å². The summed E-state index contributed by atoms with van der Waals surface area (Å²) in [5, 5.41) is 0.0636. The van der Waals surface area contributed by atoms with Crippen molar-refractivity contribution in [2.75, 3.05) is 7.05 Å². The van der Waals surface area contributed by atoms with Gasteiger partial charge in [-0.05, 0) is 23.3 Å². The molecule has 2 N–H and O–H groups in total. The molecule has 0 aliphatic rings.